The quantitative estimate of drug-likeness (QED) is 0.721. The molecule has 0 aliphatic heterocycles. The Morgan fingerprint density at radius 3 is 2.33 bits per heavy atom. The lowest BCUT2D eigenvalue weighted by Crippen LogP contribution is -2.09. The van der Waals surface area contributed by atoms with Gasteiger partial charge in [0.15, 0.2) is 5.69 Å². The molecule has 7 heteroatoms. The summed E-state index contributed by atoms with van der Waals surface area (Å²) in [6, 6.07) is 5.33. The van der Waals surface area contributed by atoms with Gasteiger partial charge in [-0.05, 0) is 19.1 Å². The van der Waals surface area contributed by atoms with E-state index >= 15 is 0 Å². The number of para-hydroxylation sites is 1. The Morgan fingerprint density at radius 1 is 1.22 bits per heavy atom. The summed E-state index contributed by atoms with van der Waals surface area (Å²) >= 11 is 5.76. The lowest BCUT2D eigenvalue weighted by atomic mass is 10.3. The molecule has 1 aromatic carbocycles. The van der Waals surface area contributed by atoms with Crippen molar-refractivity contribution < 1.29 is 17.6 Å². The van der Waals surface area contributed by atoms with Crippen LogP contribution in [0.4, 0.5) is 17.6 Å². The molecule has 0 N–H and O–H groups in total. The SMILES string of the molecule is Cc1c(C(F)(F)F)nn(-c2ccccc2F)c1Cl. The average molecular weight is 279 g/mol. The van der Waals surface area contributed by atoms with Gasteiger partial charge in [0.25, 0.3) is 0 Å². The summed E-state index contributed by atoms with van der Waals surface area (Å²) in [5.74, 6) is -0.698. The lowest BCUT2D eigenvalue weighted by Gasteiger charge is -2.04. The van der Waals surface area contributed by atoms with Gasteiger partial charge in [-0.3, -0.25) is 0 Å². The Hall–Kier alpha value is -1.56. The average Bonchev–Trinajstić information content (AvgIpc) is 2.57. The number of nitrogens with zero attached hydrogens (tertiary/aromatic N) is 2. The Kier molecular flexibility index (Phi) is 3.06. The van der Waals surface area contributed by atoms with Crippen LogP contribution in [0.3, 0.4) is 0 Å². The standard InChI is InChI=1S/C11H7ClF4N2/c1-6-9(11(14,15)16)17-18(10(6)12)8-5-3-2-4-7(8)13/h2-5H,1H3. The third-order valence-corrected chi connectivity index (χ3v) is 2.84. The van der Waals surface area contributed by atoms with Gasteiger partial charge in [-0.1, -0.05) is 23.7 Å². The predicted octanol–water partition coefficient (Wildman–Crippen LogP) is 3.99. The summed E-state index contributed by atoms with van der Waals surface area (Å²) < 4.78 is 52.1. The minimum Gasteiger partial charge on any atom is -0.218 e. The molecule has 0 saturated carbocycles. The number of halogens is 5. The van der Waals surface area contributed by atoms with E-state index in [0.717, 1.165) is 10.7 Å². The fourth-order valence-corrected chi connectivity index (χ4v) is 1.75. The van der Waals surface area contributed by atoms with Crippen molar-refractivity contribution in [1.29, 1.82) is 0 Å². The highest BCUT2D eigenvalue weighted by Gasteiger charge is 2.38. The number of alkyl halides is 3. The van der Waals surface area contributed by atoms with Crippen molar-refractivity contribution in [3.8, 4) is 5.69 Å². The minimum absolute atomic E-state index is 0.124. The molecule has 96 valence electrons. The third-order valence-electron chi connectivity index (χ3n) is 2.40. The minimum atomic E-state index is -4.62. The topological polar surface area (TPSA) is 17.8 Å². The van der Waals surface area contributed by atoms with E-state index in [1.165, 1.54) is 25.1 Å². The first-order valence-corrected chi connectivity index (χ1v) is 5.27. The molecule has 2 aromatic rings. The van der Waals surface area contributed by atoms with Crippen molar-refractivity contribution >= 4 is 11.6 Å². The fraction of sp³-hybridized carbons (Fsp3) is 0.182. The van der Waals surface area contributed by atoms with Crippen LogP contribution in [0.1, 0.15) is 11.3 Å². The molecule has 0 aliphatic rings. The number of rotatable bonds is 1. The normalized spacial score (nSPS) is 11.9. The fourth-order valence-electron chi connectivity index (χ4n) is 1.53. The molecule has 0 spiro atoms. The van der Waals surface area contributed by atoms with Gasteiger partial charge in [-0.2, -0.15) is 18.3 Å². The Bertz CT molecular complexity index is 589. The molecule has 1 aromatic heterocycles. The van der Waals surface area contributed by atoms with E-state index in [1.54, 1.807) is 0 Å². The largest absolute Gasteiger partial charge is 0.435 e. The zero-order chi connectivity index (χ0) is 13.5. The molecular weight excluding hydrogens is 272 g/mol. The molecule has 0 atom stereocenters. The predicted molar refractivity (Wildman–Crippen MR) is 58.3 cm³/mol. The van der Waals surface area contributed by atoms with E-state index in [-0.39, 0.29) is 16.4 Å². The second-order valence-corrected chi connectivity index (χ2v) is 3.98. The number of hydrogen-bond donors (Lipinski definition) is 0. The van der Waals surface area contributed by atoms with E-state index in [4.69, 9.17) is 11.6 Å². The van der Waals surface area contributed by atoms with Crippen LogP contribution in [0.5, 0.6) is 0 Å². The Morgan fingerprint density at radius 2 is 1.83 bits per heavy atom. The van der Waals surface area contributed by atoms with Gasteiger partial charge in [0.05, 0.1) is 0 Å². The lowest BCUT2D eigenvalue weighted by molar-refractivity contribution is -0.141. The van der Waals surface area contributed by atoms with Gasteiger partial charge in [0, 0.05) is 5.56 Å². The molecule has 0 aliphatic carbocycles. The zero-order valence-corrected chi connectivity index (χ0v) is 9.85. The molecule has 0 saturated heterocycles. The van der Waals surface area contributed by atoms with E-state index in [9.17, 15) is 17.6 Å². The second-order valence-electron chi connectivity index (χ2n) is 3.63. The third kappa shape index (κ3) is 2.08. The smallest absolute Gasteiger partial charge is 0.218 e. The monoisotopic (exact) mass is 278 g/mol. The molecule has 18 heavy (non-hydrogen) atoms. The van der Waals surface area contributed by atoms with Crippen LogP contribution in [-0.2, 0) is 6.18 Å². The summed E-state index contributed by atoms with van der Waals surface area (Å²) in [5, 5.41) is 3.07. The molecule has 2 nitrogen and oxygen atoms in total. The molecular formula is C11H7ClF4N2. The molecule has 0 unspecified atom stereocenters. The van der Waals surface area contributed by atoms with Gasteiger partial charge in [-0.25, -0.2) is 9.07 Å². The highest BCUT2D eigenvalue weighted by Crippen LogP contribution is 2.35. The van der Waals surface area contributed by atoms with Crippen LogP contribution in [0.15, 0.2) is 24.3 Å². The van der Waals surface area contributed by atoms with Crippen molar-refractivity contribution in [1.82, 2.24) is 9.78 Å². The van der Waals surface area contributed by atoms with Gasteiger partial charge >= 0.3 is 6.18 Å². The Balaban J connectivity index is 2.65. The summed E-state index contributed by atoms with van der Waals surface area (Å²) in [6.07, 6.45) is -4.62. The van der Waals surface area contributed by atoms with Crippen molar-refractivity contribution in [3.05, 3.63) is 46.5 Å². The number of aromatic nitrogens is 2. The first kappa shape index (κ1) is 12.9. The van der Waals surface area contributed by atoms with E-state index in [0.29, 0.717) is 0 Å². The summed E-state index contributed by atoms with van der Waals surface area (Å²) in [6.45, 7) is 1.19. The molecule has 0 amide bonds. The first-order valence-electron chi connectivity index (χ1n) is 4.89. The maximum atomic E-state index is 13.5. The van der Waals surface area contributed by atoms with Gasteiger partial charge in [0.2, 0.25) is 0 Å². The molecule has 0 fully saturated rings. The molecule has 1 heterocycles. The first-order chi connectivity index (χ1) is 8.32. The van der Waals surface area contributed by atoms with Crippen molar-refractivity contribution in [3.63, 3.8) is 0 Å². The highest BCUT2D eigenvalue weighted by molar-refractivity contribution is 6.30. The van der Waals surface area contributed by atoms with Gasteiger partial charge in [-0.15, -0.1) is 0 Å². The van der Waals surface area contributed by atoms with Crippen LogP contribution < -0.4 is 0 Å². The number of hydrogen-bond acceptors (Lipinski definition) is 1. The summed E-state index contributed by atoms with van der Waals surface area (Å²) in [7, 11) is 0. The zero-order valence-electron chi connectivity index (χ0n) is 9.09. The van der Waals surface area contributed by atoms with Crippen molar-refractivity contribution in [2.45, 2.75) is 13.1 Å². The maximum Gasteiger partial charge on any atom is 0.435 e. The van der Waals surface area contributed by atoms with E-state index in [1.807, 2.05) is 0 Å². The van der Waals surface area contributed by atoms with Crippen LogP contribution in [0, 0.1) is 12.7 Å². The molecule has 0 bridgehead atoms. The van der Waals surface area contributed by atoms with Crippen molar-refractivity contribution in [2.24, 2.45) is 0 Å². The highest BCUT2D eigenvalue weighted by atomic mass is 35.5. The molecule has 2 rings (SSSR count). The number of benzene rings is 1. The van der Waals surface area contributed by atoms with E-state index in [2.05, 4.69) is 5.10 Å². The summed E-state index contributed by atoms with van der Waals surface area (Å²) in [4.78, 5) is 0. The van der Waals surface area contributed by atoms with Crippen LogP contribution in [-0.4, -0.2) is 9.78 Å². The Labute approximate surface area is 105 Å². The van der Waals surface area contributed by atoms with Crippen LogP contribution in [0.2, 0.25) is 5.15 Å². The second kappa shape index (κ2) is 4.28. The summed E-state index contributed by atoms with van der Waals surface area (Å²) in [5.41, 5.74) is -1.47. The van der Waals surface area contributed by atoms with Crippen LogP contribution >= 0.6 is 11.6 Å². The molecule has 0 radical (unpaired) electrons. The maximum absolute atomic E-state index is 13.5. The van der Waals surface area contributed by atoms with Gasteiger partial charge in [0.1, 0.15) is 16.7 Å². The van der Waals surface area contributed by atoms with E-state index < -0.39 is 17.7 Å². The van der Waals surface area contributed by atoms with Gasteiger partial charge < -0.3 is 0 Å². The van der Waals surface area contributed by atoms with Crippen molar-refractivity contribution in [2.75, 3.05) is 0 Å². The van der Waals surface area contributed by atoms with Crippen LogP contribution in [0.25, 0.3) is 5.69 Å².